The van der Waals surface area contributed by atoms with Crippen LogP contribution in [-0.4, -0.2) is 24.5 Å². The van der Waals surface area contributed by atoms with E-state index in [9.17, 15) is 9.18 Å². The number of rotatable bonds is 5. The second-order valence-electron chi connectivity index (χ2n) is 6.56. The third-order valence-corrected chi connectivity index (χ3v) is 5.01. The Hall–Kier alpha value is -2.82. The predicted molar refractivity (Wildman–Crippen MR) is 94.5 cm³/mol. The van der Waals surface area contributed by atoms with E-state index in [-0.39, 0.29) is 17.1 Å². The number of ether oxygens (including phenoxy) is 1. The van der Waals surface area contributed by atoms with Crippen LogP contribution in [-0.2, 0) is 5.41 Å². The van der Waals surface area contributed by atoms with E-state index in [1.165, 1.54) is 12.1 Å². The highest BCUT2D eigenvalue weighted by atomic mass is 19.1. The van der Waals surface area contributed by atoms with Crippen LogP contribution in [0, 0.1) is 5.82 Å². The van der Waals surface area contributed by atoms with Gasteiger partial charge in [0.25, 0.3) is 5.91 Å². The van der Waals surface area contributed by atoms with Gasteiger partial charge in [-0.15, -0.1) is 0 Å². The minimum Gasteiger partial charge on any atom is -0.496 e. The minimum absolute atomic E-state index is 0.0756. The van der Waals surface area contributed by atoms with E-state index >= 15 is 0 Å². The number of nitrogens with one attached hydrogen (secondary N) is 2. The number of carbonyl (C=O) groups is 1. The third kappa shape index (κ3) is 2.76. The summed E-state index contributed by atoms with van der Waals surface area (Å²) in [7, 11) is 1.56. The molecule has 0 spiro atoms. The fourth-order valence-electron chi connectivity index (χ4n) is 3.41. The quantitative estimate of drug-likeness (QED) is 0.744. The maximum absolute atomic E-state index is 13.4. The van der Waals surface area contributed by atoms with Crippen LogP contribution in [0.2, 0.25) is 0 Å². The molecule has 3 aromatic rings. The van der Waals surface area contributed by atoms with Gasteiger partial charge in [-0.1, -0.05) is 12.1 Å². The van der Waals surface area contributed by atoms with Crippen molar-refractivity contribution in [1.29, 1.82) is 0 Å². The summed E-state index contributed by atoms with van der Waals surface area (Å²) in [6.07, 6.45) is 3.94. The smallest absolute Gasteiger partial charge is 0.255 e. The Kier molecular flexibility index (Phi) is 3.71. The Morgan fingerprint density at radius 1 is 1.28 bits per heavy atom. The van der Waals surface area contributed by atoms with Gasteiger partial charge in [-0.2, -0.15) is 0 Å². The molecule has 0 saturated heterocycles. The number of aromatic amines is 1. The van der Waals surface area contributed by atoms with E-state index in [1.807, 2.05) is 18.3 Å². The number of benzene rings is 2. The van der Waals surface area contributed by atoms with Gasteiger partial charge in [0.2, 0.25) is 0 Å². The molecule has 25 heavy (non-hydrogen) atoms. The van der Waals surface area contributed by atoms with E-state index < -0.39 is 0 Å². The summed E-state index contributed by atoms with van der Waals surface area (Å²) in [5.41, 5.74) is 2.38. The minimum atomic E-state index is -0.254. The van der Waals surface area contributed by atoms with Crippen LogP contribution in [0.5, 0.6) is 5.75 Å². The number of hydrogen-bond donors (Lipinski definition) is 2. The van der Waals surface area contributed by atoms with Crippen LogP contribution in [0.25, 0.3) is 10.9 Å². The van der Waals surface area contributed by atoms with Crippen molar-refractivity contribution in [3.8, 4) is 5.75 Å². The second kappa shape index (κ2) is 5.92. The van der Waals surface area contributed by atoms with E-state index in [2.05, 4.69) is 10.3 Å². The number of halogens is 1. The average molecular weight is 338 g/mol. The first-order valence-electron chi connectivity index (χ1n) is 8.31. The molecule has 1 aromatic heterocycles. The van der Waals surface area contributed by atoms with E-state index in [4.69, 9.17) is 4.74 Å². The van der Waals surface area contributed by atoms with Crippen molar-refractivity contribution in [3.63, 3.8) is 0 Å². The number of hydrogen-bond acceptors (Lipinski definition) is 2. The highest BCUT2D eigenvalue weighted by Gasteiger charge is 2.46. The SMILES string of the molecule is COc1ccccc1C(=O)NCC1(c2c[nH]c3cc(F)ccc23)CC1. The molecule has 1 aliphatic rings. The Morgan fingerprint density at radius 2 is 2.08 bits per heavy atom. The third-order valence-electron chi connectivity index (χ3n) is 5.01. The Balaban J connectivity index is 1.55. The molecule has 2 N–H and O–H groups in total. The van der Waals surface area contributed by atoms with Gasteiger partial charge in [-0.05, 0) is 48.7 Å². The Morgan fingerprint density at radius 3 is 2.84 bits per heavy atom. The zero-order valence-electron chi connectivity index (χ0n) is 13.9. The van der Waals surface area contributed by atoms with Gasteiger partial charge >= 0.3 is 0 Å². The first kappa shape index (κ1) is 15.7. The lowest BCUT2D eigenvalue weighted by atomic mass is 9.95. The van der Waals surface area contributed by atoms with E-state index in [1.54, 1.807) is 25.3 Å². The van der Waals surface area contributed by atoms with Crippen molar-refractivity contribution < 1.29 is 13.9 Å². The number of methoxy groups -OCH3 is 1. The van der Waals surface area contributed by atoms with Crippen LogP contribution in [0.1, 0.15) is 28.8 Å². The van der Waals surface area contributed by atoms with Gasteiger partial charge in [0.15, 0.2) is 0 Å². The number of fused-ring (bicyclic) bond motifs is 1. The van der Waals surface area contributed by atoms with Crippen molar-refractivity contribution in [2.45, 2.75) is 18.3 Å². The topological polar surface area (TPSA) is 54.1 Å². The molecule has 0 aliphatic heterocycles. The molecular weight excluding hydrogens is 319 g/mol. The number of aromatic nitrogens is 1. The zero-order valence-corrected chi connectivity index (χ0v) is 13.9. The summed E-state index contributed by atoms with van der Waals surface area (Å²) >= 11 is 0. The van der Waals surface area contributed by atoms with Gasteiger partial charge < -0.3 is 15.0 Å². The van der Waals surface area contributed by atoms with Gasteiger partial charge in [-0.25, -0.2) is 4.39 Å². The molecule has 0 bridgehead atoms. The van der Waals surface area contributed by atoms with Gasteiger partial charge in [-0.3, -0.25) is 4.79 Å². The van der Waals surface area contributed by atoms with Crippen molar-refractivity contribution >= 4 is 16.8 Å². The number of amides is 1. The van der Waals surface area contributed by atoms with Gasteiger partial charge in [0.05, 0.1) is 12.7 Å². The zero-order chi connectivity index (χ0) is 17.4. The molecule has 1 amide bonds. The maximum Gasteiger partial charge on any atom is 0.255 e. The van der Waals surface area contributed by atoms with Gasteiger partial charge in [0.1, 0.15) is 11.6 Å². The lowest BCUT2D eigenvalue weighted by Gasteiger charge is -2.16. The highest BCUT2D eigenvalue weighted by Crippen LogP contribution is 2.50. The average Bonchev–Trinajstić information content (AvgIpc) is 3.31. The summed E-state index contributed by atoms with van der Waals surface area (Å²) < 4.78 is 18.6. The maximum atomic E-state index is 13.4. The molecular formula is C20H19FN2O2. The summed E-state index contributed by atoms with van der Waals surface area (Å²) in [5.74, 6) is 0.164. The standard InChI is InChI=1S/C20H19FN2O2/c1-25-18-5-3-2-4-15(18)19(24)23-12-20(8-9-20)16-11-22-17-10-13(21)6-7-14(16)17/h2-7,10-11,22H,8-9,12H2,1H3,(H,23,24). The second-order valence-corrected chi connectivity index (χ2v) is 6.56. The molecule has 1 fully saturated rings. The Bertz CT molecular complexity index is 944. The van der Waals surface area contributed by atoms with Crippen molar-refractivity contribution in [2.75, 3.05) is 13.7 Å². The van der Waals surface area contributed by atoms with Gasteiger partial charge in [0, 0.05) is 29.1 Å². The molecule has 0 unspecified atom stereocenters. The van der Waals surface area contributed by atoms with Crippen molar-refractivity contribution in [1.82, 2.24) is 10.3 Å². The molecule has 1 heterocycles. The first-order chi connectivity index (χ1) is 12.1. The van der Waals surface area contributed by atoms with Crippen molar-refractivity contribution in [3.05, 3.63) is 65.6 Å². The lowest BCUT2D eigenvalue weighted by molar-refractivity contribution is 0.0946. The predicted octanol–water partition coefficient (Wildman–Crippen LogP) is 3.78. The van der Waals surface area contributed by atoms with Crippen LogP contribution in [0.15, 0.2) is 48.7 Å². The summed E-state index contributed by atoms with van der Waals surface area (Å²) in [5, 5.41) is 4.05. The largest absolute Gasteiger partial charge is 0.496 e. The molecule has 4 nitrogen and oxygen atoms in total. The molecule has 128 valence electrons. The summed E-state index contributed by atoms with van der Waals surface area (Å²) in [6.45, 7) is 0.550. The fourth-order valence-corrected chi connectivity index (χ4v) is 3.41. The highest BCUT2D eigenvalue weighted by molar-refractivity contribution is 5.97. The molecule has 1 aliphatic carbocycles. The molecule has 5 heteroatoms. The number of H-pyrrole nitrogens is 1. The fraction of sp³-hybridized carbons (Fsp3) is 0.250. The number of carbonyl (C=O) groups excluding carboxylic acids is 1. The first-order valence-corrected chi connectivity index (χ1v) is 8.31. The van der Waals surface area contributed by atoms with Crippen LogP contribution >= 0.6 is 0 Å². The summed E-state index contributed by atoms with van der Waals surface area (Å²) in [4.78, 5) is 15.7. The Labute approximate surface area is 145 Å². The summed E-state index contributed by atoms with van der Waals surface area (Å²) in [6, 6.07) is 12.0. The lowest BCUT2D eigenvalue weighted by Crippen LogP contribution is -2.32. The molecule has 1 saturated carbocycles. The molecule has 0 atom stereocenters. The van der Waals surface area contributed by atoms with Crippen LogP contribution < -0.4 is 10.1 Å². The monoisotopic (exact) mass is 338 g/mol. The normalized spacial score (nSPS) is 15.1. The van der Waals surface area contributed by atoms with Crippen LogP contribution in [0.4, 0.5) is 4.39 Å². The van der Waals surface area contributed by atoms with E-state index in [0.717, 1.165) is 29.3 Å². The van der Waals surface area contributed by atoms with E-state index in [0.29, 0.717) is 17.9 Å². The number of para-hydroxylation sites is 1. The van der Waals surface area contributed by atoms with Crippen molar-refractivity contribution in [2.24, 2.45) is 0 Å². The molecule has 4 rings (SSSR count). The van der Waals surface area contributed by atoms with Crippen LogP contribution in [0.3, 0.4) is 0 Å². The molecule has 0 radical (unpaired) electrons. The molecule has 2 aromatic carbocycles.